The van der Waals surface area contributed by atoms with Crippen molar-refractivity contribution in [2.75, 3.05) is 6.54 Å². The molecule has 1 heterocycles. The van der Waals surface area contributed by atoms with Crippen molar-refractivity contribution < 1.29 is 4.79 Å². The number of amides is 1. The highest BCUT2D eigenvalue weighted by Gasteiger charge is 2.21. The lowest BCUT2D eigenvalue weighted by Gasteiger charge is -2.27. The molecule has 106 valence electrons. The van der Waals surface area contributed by atoms with Crippen molar-refractivity contribution >= 4 is 5.91 Å². The third-order valence-corrected chi connectivity index (χ3v) is 4.11. The second kappa shape index (κ2) is 6.17. The van der Waals surface area contributed by atoms with Crippen LogP contribution < -0.4 is 5.32 Å². The molecule has 1 N–H and O–H groups in total. The number of hydrogen-bond donors (Lipinski definition) is 1. The highest BCUT2D eigenvalue weighted by atomic mass is 16.2. The third kappa shape index (κ3) is 3.55. The van der Waals surface area contributed by atoms with Gasteiger partial charge in [-0.3, -0.25) is 4.79 Å². The van der Waals surface area contributed by atoms with Crippen LogP contribution in [0.15, 0.2) is 0 Å². The van der Waals surface area contributed by atoms with Gasteiger partial charge < -0.3 is 5.32 Å². The van der Waals surface area contributed by atoms with Gasteiger partial charge >= 0.3 is 0 Å². The summed E-state index contributed by atoms with van der Waals surface area (Å²) in [5, 5.41) is 7.08. The number of nitrogens with one attached hydrogen (secondary N) is 1. The average Bonchev–Trinajstić information content (AvgIpc) is 2.75. The fraction of sp³-hybridized carbons (Fsp3) is 0.786. The van der Waals surface area contributed by atoms with Crippen molar-refractivity contribution in [2.45, 2.75) is 46.0 Å². The van der Waals surface area contributed by atoms with Crippen molar-refractivity contribution in [3.63, 3.8) is 0 Å². The highest BCUT2D eigenvalue weighted by Crippen LogP contribution is 2.29. The Kier molecular flexibility index (Phi) is 4.56. The summed E-state index contributed by atoms with van der Waals surface area (Å²) in [6, 6.07) is 0. The molecule has 0 aromatic carbocycles. The molecular formula is C14H24N4O. The summed E-state index contributed by atoms with van der Waals surface area (Å²) in [7, 11) is 1.75. The van der Waals surface area contributed by atoms with Gasteiger partial charge in [0.05, 0.1) is 0 Å². The first-order valence-electron chi connectivity index (χ1n) is 7.23. The van der Waals surface area contributed by atoms with Gasteiger partial charge in [0.15, 0.2) is 0 Å². The topological polar surface area (TPSA) is 59.8 Å². The number of aryl methyl sites for hydroxylation is 2. The minimum Gasteiger partial charge on any atom is -0.349 e. The molecule has 1 saturated carbocycles. The van der Waals surface area contributed by atoms with Crippen LogP contribution in [0, 0.1) is 18.8 Å². The van der Waals surface area contributed by atoms with Crippen LogP contribution in [-0.2, 0) is 7.05 Å². The Labute approximate surface area is 114 Å². The van der Waals surface area contributed by atoms with Crippen molar-refractivity contribution in [3.8, 4) is 0 Å². The van der Waals surface area contributed by atoms with Gasteiger partial charge in [-0.25, -0.2) is 9.67 Å². The van der Waals surface area contributed by atoms with Crippen molar-refractivity contribution in [2.24, 2.45) is 18.9 Å². The fourth-order valence-corrected chi connectivity index (χ4v) is 2.91. The molecular weight excluding hydrogens is 240 g/mol. The van der Waals surface area contributed by atoms with Crippen LogP contribution in [-0.4, -0.2) is 27.2 Å². The number of rotatable bonds is 4. The quantitative estimate of drug-likeness (QED) is 0.905. The van der Waals surface area contributed by atoms with E-state index in [-0.39, 0.29) is 5.91 Å². The van der Waals surface area contributed by atoms with Crippen LogP contribution in [0.4, 0.5) is 0 Å². The van der Waals surface area contributed by atoms with E-state index in [4.69, 9.17) is 0 Å². The van der Waals surface area contributed by atoms with E-state index >= 15 is 0 Å². The Morgan fingerprint density at radius 1 is 1.42 bits per heavy atom. The maximum Gasteiger partial charge on any atom is 0.288 e. The van der Waals surface area contributed by atoms with Crippen molar-refractivity contribution in [1.82, 2.24) is 20.1 Å². The lowest BCUT2D eigenvalue weighted by molar-refractivity contribution is 0.0925. The van der Waals surface area contributed by atoms with Crippen LogP contribution in [0.5, 0.6) is 0 Å². The van der Waals surface area contributed by atoms with Gasteiger partial charge in [0.2, 0.25) is 5.82 Å². The van der Waals surface area contributed by atoms with E-state index in [1.807, 2.05) is 0 Å². The van der Waals surface area contributed by atoms with Gasteiger partial charge in [-0.1, -0.05) is 39.0 Å². The minimum absolute atomic E-state index is 0.120. The van der Waals surface area contributed by atoms with Gasteiger partial charge in [-0.2, -0.15) is 5.10 Å². The largest absolute Gasteiger partial charge is 0.349 e. The predicted octanol–water partition coefficient (Wildman–Crippen LogP) is 2.07. The number of hydrogen-bond acceptors (Lipinski definition) is 3. The highest BCUT2D eigenvalue weighted by molar-refractivity contribution is 5.90. The molecule has 1 aromatic rings. The molecule has 2 rings (SSSR count). The fourth-order valence-electron chi connectivity index (χ4n) is 2.91. The molecule has 1 amide bonds. The molecule has 1 unspecified atom stereocenters. The Morgan fingerprint density at radius 2 is 2.11 bits per heavy atom. The van der Waals surface area contributed by atoms with Crippen LogP contribution >= 0.6 is 0 Å². The van der Waals surface area contributed by atoms with Crippen LogP contribution in [0.3, 0.4) is 0 Å². The maximum absolute atomic E-state index is 12.0. The summed E-state index contributed by atoms with van der Waals surface area (Å²) in [5.74, 6) is 2.21. The Hall–Kier alpha value is -1.39. The monoisotopic (exact) mass is 264 g/mol. The van der Waals surface area contributed by atoms with E-state index in [0.717, 1.165) is 12.5 Å². The smallest absolute Gasteiger partial charge is 0.288 e. The van der Waals surface area contributed by atoms with E-state index in [9.17, 15) is 4.79 Å². The zero-order valence-electron chi connectivity index (χ0n) is 12.1. The minimum atomic E-state index is -0.120. The normalized spacial score (nSPS) is 18.3. The maximum atomic E-state index is 12.0. The average molecular weight is 264 g/mol. The van der Waals surface area contributed by atoms with Crippen LogP contribution in [0.25, 0.3) is 0 Å². The summed E-state index contributed by atoms with van der Waals surface area (Å²) in [4.78, 5) is 16.2. The first-order chi connectivity index (χ1) is 9.08. The second-order valence-corrected chi connectivity index (χ2v) is 5.69. The Balaban J connectivity index is 1.84. The number of aromatic nitrogens is 3. The van der Waals surface area contributed by atoms with Crippen molar-refractivity contribution in [3.05, 3.63) is 11.6 Å². The van der Waals surface area contributed by atoms with Crippen LogP contribution in [0.1, 0.15) is 55.5 Å². The predicted molar refractivity (Wildman–Crippen MR) is 73.8 cm³/mol. The molecule has 0 bridgehead atoms. The van der Waals surface area contributed by atoms with Crippen LogP contribution in [0.2, 0.25) is 0 Å². The molecule has 1 atom stereocenters. The SMILES string of the molecule is Cc1nc(C(=O)NCC(C)C2CCCCC2)n(C)n1. The molecule has 1 fully saturated rings. The number of carbonyl (C=O) groups excluding carboxylic acids is 1. The summed E-state index contributed by atoms with van der Waals surface area (Å²) in [6.45, 7) is 4.76. The molecule has 1 aromatic heterocycles. The third-order valence-electron chi connectivity index (χ3n) is 4.11. The first-order valence-corrected chi connectivity index (χ1v) is 7.23. The molecule has 19 heavy (non-hydrogen) atoms. The summed E-state index contributed by atoms with van der Waals surface area (Å²) in [6.07, 6.45) is 6.66. The van der Waals surface area contributed by atoms with Gasteiger partial charge in [0.25, 0.3) is 5.91 Å². The molecule has 0 spiro atoms. The summed E-state index contributed by atoms with van der Waals surface area (Å²) < 4.78 is 1.54. The van der Waals surface area contributed by atoms with Gasteiger partial charge in [0, 0.05) is 13.6 Å². The first kappa shape index (κ1) is 14.0. The van der Waals surface area contributed by atoms with Crippen molar-refractivity contribution in [1.29, 1.82) is 0 Å². The van der Waals surface area contributed by atoms with Gasteiger partial charge in [-0.05, 0) is 18.8 Å². The number of nitrogens with zero attached hydrogens (tertiary/aromatic N) is 3. The van der Waals surface area contributed by atoms with E-state index in [0.29, 0.717) is 17.6 Å². The molecule has 1 aliphatic carbocycles. The standard InChI is InChI=1S/C14H24N4O/c1-10(12-7-5-4-6-8-12)9-15-14(19)13-16-11(2)17-18(13)3/h10,12H,4-9H2,1-3H3,(H,15,19). The molecule has 0 aliphatic heterocycles. The van der Waals surface area contributed by atoms with E-state index in [2.05, 4.69) is 22.3 Å². The van der Waals surface area contributed by atoms with Gasteiger partial charge in [-0.15, -0.1) is 0 Å². The number of carbonyl (C=O) groups is 1. The lowest BCUT2D eigenvalue weighted by atomic mass is 9.81. The van der Waals surface area contributed by atoms with Gasteiger partial charge in [0.1, 0.15) is 5.82 Å². The Bertz CT molecular complexity index is 435. The molecule has 5 heteroatoms. The molecule has 5 nitrogen and oxygen atoms in total. The zero-order valence-corrected chi connectivity index (χ0v) is 12.1. The second-order valence-electron chi connectivity index (χ2n) is 5.69. The van der Waals surface area contributed by atoms with E-state index in [1.54, 1.807) is 14.0 Å². The lowest BCUT2D eigenvalue weighted by Crippen LogP contribution is -2.33. The molecule has 0 saturated heterocycles. The molecule has 0 radical (unpaired) electrons. The summed E-state index contributed by atoms with van der Waals surface area (Å²) in [5.41, 5.74) is 0. The Morgan fingerprint density at radius 3 is 2.68 bits per heavy atom. The molecule has 1 aliphatic rings. The zero-order chi connectivity index (χ0) is 13.8. The summed E-state index contributed by atoms with van der Waals surface area (Å²) >= 11 is 0. The van der Waals surface area contributed by atoms with E-state index < -0.39 is 0 Å². The van der Waals surface area contributed by atoms with E-state index in [1.165, 1.54) is 36.8 Å².